The number of nitrogens with one attached hydrogen (secondary N) is 1. The summed E-state index contributed by atoms with van der Waals surface area (Å²) in [6.07, 6.45) is 3.08. The Morgan fingerprint density at radius 3 is 2.40 bits per heavy atom. The van der Waals surface area contributed by atoms with E-state index in [1.165, 1.54) is 0 Å². The number of hydrogen-bond donors (Lipinski definition) is 1. The number of aromatic nitrogens is 2. The molecule has 1 aromatic heterocycles. The number of likely N-dealkylation sites (tertiary alicyclic amines) is 1. The number of aromatic amines is 1. The Kier molecular flexibility index (Phi) is 4.21. The molecule has 1 aromatic rings. The van der Waals surface area contributed by atoms with Gasteiger partial charge < -0.3 is 4.90 Å². The van der Waals surface area contributed by atoms with Gasteiger partial charge in [-0.05, 0) is 37.5 Å². The molecule has 0 unspecified atom stereocenters. The lowest BCUT2D eigenvalue weighted by Crippen LogP contribution is -2.41. The fourth-order valence-electron chi connectivity index (χ4n) is 3.08. The summed E-state index contributed by atoms with van der Waals surface area (Å²) in [6.45, 7) is 12.6. The minimum atomic E-state index is 0.0887. The van der Waals surface area contributed by atoms with Crippen LogP contribution in [0.5, 0.6) is 0 Å². The first-order valence-corrected chi connectivity index (χ1v) is 7.67. The van der Waals surface area contributed by atoms with E-state index in [1.807, 2.05) is 11.8 Å². The van der Waals surface area contributed by atoms with E-state index in [-0.39, 0.29) is 5.91 Å². The van der Waals surface area contributed by atoms with Gasteiger partial charge in [-0.3, -0.25) is 9.89 Å². The van der Waals surface area contributed by atoms with Crippen molar-refractivity contribution in [2.45, 2.75) is 53.9 Å². The molecule has 0 aromatic carbocycles. The lowest BCUT2D eigenvalue weighted by molar-refractivity contribution is 0.0602. The molecular formula is C16H27N3O. The zero-order chi connectivity index (χ0) is 14.9. The van der Waals surface area contributed by atoms with E-state index in [9.17, 15) is 4.79 Å². The summed E-state index contributed by atoms with van der Waals surface area (Å²) in [4.78, 5) is 14.5. The highest BCUT2D eigenvalue weighted by Gasteiger charge is 2.31. The highest BCUT2D eigenvalue weighted by Crippen LogP contribution is 2.34. The van der Waals surface area contributed by atoms with E-state index in [1.54, 1.807) is 0 Å². The van der Waals surface area contributed by atoms with Gasteiger partial charge in [0.2, 0.25) is 0 Å². The highest BCUT2D eigenvalue weighted by molar-refractivity contribution is 5.94. The van der Waals surface area contributed by atoms with Gasteiger partial charge in [0.1, 0.15) is 0 Å². The molecule has 1 aliphatic rings. The Bertz CT molecular complexity index is 476. The lowest BCUT2D eigenvalue weighted by Gasteiger charge is -2.38. The molecule has 20 heavy (non-hydrogen) atoms. The third-order valence-corrected chi connectivity index (χ3v) is 4.67. The van der Waals surface area contributed by atoms with Gasteiger partial charge in [0.05, 0.1) is 0 Å². The van der Waals surface area contributed by atoms with E-state index >= 15 is 0 Å². The minimum Gasteiger partial charge on any atom is -0.337 e. The molecule has 0 aliphatic carbocycles. The Morgan fingerprint density at radius 2 is 1.95 bits per heavy atom. The van der Waals surface area contributed by atoms with Gasteiger partial charge in [0.15, 0.2) is 5.69 Å². The van der Waals surface area contributed by atoms with Crippen LogP contribution in [0.4, 0.5) is 0 Å². The SMILES string of the molecule is CCc1[nH]nc(C(=O)N2CCC(C(C)(C)C)CC2)c1C. The molecule has 1 fully saturated rings. The summed E-state index contributed by atoms with van der Waals surface area (Å²) < 4.78 is 0. The molecule has 2 rings (SSSR count). The molecule has 1 aliphatic heterocycles. The quantitative estimate of drug-likeness (QED) is 0.902. The van der Waals surface area contributed by atoms with Crippen LogP contribution in [0.3, 0.4) is 0 Å². The van der Waals surface area contributed by atoms with Crippen molar-refractivity contribution in [2.24, 2.45) is 11.3 Å². The molecule has 0 atom stereocenters. The second kappa shape index (κ2) is 5.58. The van der Waals surface area contributed by atoms with Gasteiger partial charge >= 0.3 is 0 Å². The number of piperidine rings is 1. The summed E-state index contributed by atoms with van der Waals surface area (Å²) in [7, 11) is 0. The second-order valence-electron chi connectivity index (χ2n) is 6.96. The van der Waals surface area contributed by atoms with Crippen LogP contribution in [0.1, 0.15) is 62.3 Å². The van der Waals surface area contributed by atoms with Crippen LogP contribution in [-0.4, -0.2) is 34.1 Å². The van der Waals surface area contributed by atoms with Crippen LogP contribution in [0.2, 0.25) is 0 Å². The zero-order valence-electron chi connectivity index (χ0n) is 13.4. The normalized spacial score (nSPS) is 17.6. The molecule has 0 saturated carbocycles. The molecule has 4 heteroatoms. The molecular weight excluding hydrogens is 250 g/mol. The number of H-pyrrole nitrogens is 1. The standard InChI is InChI=1S/C16H27N3O/c1-6-13-11(2)14(18-17-13)15(20)19-9-7-12(8-10-19)16(3,4)5/h12H,6-10H2,1-5H3,(H,17,18). The summed E-state index contributed by atoms with van der Waals surface area (Å²) in [5.41, 5.74) is 3.02. The van der Waals surface area contributed by atoms with Crippen molar-refractivity contribution in [1.29, 1.82) is 0 Å². The summed E-state index contributed by atoms with van der Waals surface area (Å²) >= 11 is 0. The first-order chi connectivity index (χ1) is 9.34. The van der Waals surface area contributed by atoms with Crippen molar-refractivity contribution in [1.82, 2.24) is 15.1 Å². The number of nitrogens with zero attached hydrogens (tertiary/aromatic N) is 2. The first-order valence-electron chi connectivity index (χ1n) is 7.67. The van der Waals surface area contributed by atoms with Crippen molar-refractivity contribution in [3.05, 3.63) is 17.0 Å². The topological polar surface area (TPSA) is 49.0 Å². The molecule has 2 heterocycles. The van der Waals surface area contributed by atoms with Gasteiger partial charge in [0, 0.05) is 24.3 Å². The van der Waals surface area contributed by atoms with Gasteiger partial charge in [-0.15, -0.1) is 0 Å². The smallest absolute Gasteiger partial charge is 0.274 e. The van der Waals surface area contributed by atoms with Gasteiger partial charge in [-0.2, -0.15) is 5.10 Å². The van der Waals surface area contributed by atoms with E-state index in [4.69, 9.17) is 0 Å². The molecule has 4 nitrogen and oxygen atoms in total. The number of carbonyl (C=O) groups excluding carboxylic acids is 1. The zero-order valence-corrected chi connectivity index (χ0v) is 13.4. The Balaban J connectivity index is 2.03. The molecule has 112 valence electrons. The minimum absolute atomic E-state index is 0.0887. The van der Waals surface area contributed by atoms with Crippen LogP contribution in [0.15, 0.2) is 0 Å². The van der Waals surface area contributed by atoms with Crippen molar-refractivity contribution in [2.75, 3.05) is 13.1 Å². The van der Waals surface area contributed by atoms with Crippen LogP contribution in [0, 0.1) is 18.3 Å². The number of rotatable bonds is 2. The predicted octanol–water partition coefficient (Wildman–Crippen LogP) is 3.18. The number of amides is 1. The van der Waals surface area contributed by atoms with Crippen molar-refractivity contribution in [3.63, 3.8) is 0 Å². The average molecular weight is 277 g/mol. The lowest BCUT2D eigenvalue weighted by atomic mass is 9.75. The predicted molar refractivity (Wildman–Crippen MR) is 80.8 cm³/mol. The largest absolute Gasteiger partial charge is 0.337 e. The summed E-state index contributed by atoms with van der Waals surface area (Å²) in [5.74, 6) is 0.795. The third kappa shape index (κ3) is 2.89. The van der Waals surface area contributed by atoms with Crippen LogP contribution < -0.4 is 0 Å². The maximum absolute atomic E-state index is 12.5. The number of aryl methyl sites for hydroxylation is 1. The molecule has 0 bridgehead atoms. The second-order valence-corrected chi connectivity index (χ2v) is 6.96. The van der Waals surface area contributed by atoms with Gasteiger partial charge in [0.25, 0.3) is 5.91 Å². The fourth-order valence-corrected chi connectivity index (χ4v) is 3.08. The highest BCUT2D eigenvalue weighted by atomic mass is 16.2. The monoisotopic (exact) mass is 277 g/mol. The Labute approximate surface area is 121 Å². The van der Waals surface area contributed by atoms with Gasteiger partial charge in [-0.1, -0.05) is 27.7 Å². The van der Waals surface area contributed by atoms with E-state index in [0.717, 1.165) is 43.6 Å². The first kappa shape index (κ1) is 15.1. The fraction of sp³-hybridized carbons (Fsp3) is 0.750. The summed E-state index contributed by atoms with van der Waals surface area (Å²) in [5, 5.41) is 7.19. The Hall–Kier alpha value is -1.32. The average Bonchev–Trinajstić information content (AvgIpc) is 2.78. The molecule has 0 radical (unpaired) electrons. The van der Waals surface area contributed by atoms with Crippen LogP contribution in [-0.2, 0) is 6.42 Å². The Morgan fingerprint density at radius 1 is 1.35 bits per heavy atom. The van der Waals surface area contributed by atoms with Crippen molar-refractivity contribution in [3.8, 4) is 0 Å². The molecule has 1 N–H and O–H groups in total. The molecule has 0 spiro atoms. The van der Waals surface area contributed by atoms with Gasteiger partial charge in [-0.25, -0.2) is 0 Å². The maximum atomic E-state index is 12.5. The summed E-state index contributed by atoms with van der Waals surface area (Å²) in [6, 6.07) is 0. The van der Waals surface area contributed by atoms with E-state index < -0.39 is 0 Å². The number of carbonyl (C=O) groups is 1. The van der Waals surface area contributed by atoms with Crippen molar-refractivity contribution < 1.29 is 4.79 Å². The van der Waals surface area contributed by atoms with Crippen LogP contribution >= 0.6 is 0 Å². The molecule has 1 saturated heterocycles. The van der Waals surface area contributed by atoms with E-state index in [2.05, 4.69) is 37.9 Å². The maximum Gasteiger partial charge on any atom is 0.274 e. The van der Waals surface area contributed by atoms with E-state index in [0.29, 0.717) is 17.0 Å². The van der Waals surface area contributed by atoms with Crippen molar-refractivity contribution >= 4 is 5.91 Å². The number of hydrogen-bond acceptors (Lipinski definition) is 2. The third-order valence-electron chi connectivity index (χ3n) is 4.67. The van der Waals surface area contributed by atoms with Crippen LogP contribution in [0.25, 0.3) is 0 Å². The molecule has 1 amide bonds.